The van der Waals surface area contributed by atoms with Crippen molar-refractivity contribution in [3.05, 3.63) is 17.5 Å². The van der Waals surface area contributed by atoms with E-state index in [0.29, 0.717) is 0 Å². The third kappa shape index (κ3) is 4.59. The van der Waals surface area contributed by atoms with Gasteiger partial charge in [-0.05, 0) is 6.92 Å². The standard InChI is InChI=1S/C11H18N4O4/c1-7-8(6-15(2)14-7)5-12-11(19)13-9(3-4-16)10(17)18/h6,9,16H,3-5H2,1-2H3,(H,17,18)(H2,12,13,19). The van der Waals surface area contributed by atoms with Gasteiger partial charge in [-0.3, -0.25) is 4.68 Å². The number of carbonyl (C=O) groups is 2. The summed E-state index contributed by atoms with van der Waals surface area (Å²) in [7, 11) is 1.78. The van der Waals surface area contributed by atoms with Gasteiger partial charge in [0.1, 0.15) is 6.04 Å². The van der Waals surface area contributed by atoms with E-state index in [1.165, 1.54) is 0 Å². The van der Waals surface area contributed by atoms with Crippen LogP contribution < -0.4 is 10.6 Å². The van der Waals surface area contributed by atoms with Crippen molar-refractivity contribution in [3.63, 3.8) is 0 Å². The van der Waals surface area contributed by atoms with Crippen LogP contribution in [0.4, 0.5) is 4.79 Å². The Kier molecular flexibility index (Phi) is 5.31. The summed E-state index contributed by atoms with van der Waals surface area (Å²) in [6, 6.07) is -1.69. The number of carboxylic acid groups (broad SMARTS) is 1. The molecule has 0 aliphatic carbocycles. The summed E-state index contributed by atoms with van der Waals surface area (Å²) in [6.07, 6.45) is 1.74. The second-order valence-corrected chi connectivity index (χ2v) is 4.14. The Morgan fingerprint density at radius 3 is 2.68 bits per heavy atom. The van der Waals surface area contributed by atoms with Crippen LogP contribution in [-0.2, 0) is 18.4 Å². The van der Waals surface area contributed by atoms with Gasteiger partial charge >= 0.3 is 12.0 Å². The minimum atomic E-state index is -1.18. The highest BCUT2D eigenvalue weighted by atomic mass is 16.4. The number of nitrogens with one attached hydrogen (secondary N) is 2. The summed E-state index contributed by atoms with van der Waals surface area (Å²) in [6.45, 7) is 1.77. The molecule has 1 unspecified atom stereocenters. The summed E-state index contributed by atoms with van der Waals surface area (Å²) in [5, 5.41) is 26.5. The molecule has 1 aromatic rings. The molecular formula is C11H18N4O4. The van der Waals surface area contributed by atoms with Gasteiger partial charge in [0, 0.05) is 38.4 Å². The lowest BCUT2D eigenvalue weighted by Gasteiger charge is -2.13. The fourth-order valence-electron chi connectivity index (χ4n) is 1.59. The molecule has 2 amide bonds. The second kappa shape index (κ2) is 6.74. The van der Waals surface area contributed by atoms with E-state index < -0.39 is 18.0 Å². The van der Waals surface area contributed by atoms with E-state index in [9.17, 15) is 9.59 Å². The molecule has 1 heterocycles. The van der Waals surface area contributed by atoms with Crippen LogP contribution in [0, 0.1) is 6.92 Å². The molecule has 0 saturated carbocycles. The number of aryl methyl sites for hydroxylation is 2. The zero-order valence-corrected chi connectivity index (χ0v) is 10.9. The van der Waals surface area contributed by atoms with Crippen molar-refractivity contribution in [3.8, 4) is 0 Å². The van der Waals surface area contributed by atoms with Crippen molar-refractivity contribution in [2.24, 2.45) is 7.05 Å². The van der Waals surface area contributed by atoms with Crippen LogP contribution in [-0.4, -0.2) is 44.6 Å². The summed E-state index contributed by atoms with van der Waals surface area (Å²) in [5.74, 6) is -1.18. The quantitative estimate of drug-likeness (QED) is 0.549. The molecular weight excluding hydrogens is 252 g/mol. The highest BCUT2D eigenvalue weighted by Crippen LogP contribution is 2.03. The third-order valence-electron chi connectivity index (χ3n) is 2.58. The molecule has 106 valence electrons. The minimum absolute atomic E-state index is 0.0331. The van der Waals surface area contributed by atoms with Gasteiger partial charge in [0.25, 0.3) is 0 Å². The molecule has 0 saturated heterocycles. The number of aliphatic hydroxyl groups is 1. The molecule has 0 aliphatic rings. The Balaban J connectivity index is 2.47. The summed E-state index contributed by atoms with van der Waals surface area (Å²) >= 11 is 0. The van der Waals surface area contributed by atoms with Crippen molar-refractivity contribution in [1.82, 2.24) is 20.4 Å². The van der Waals surface area contributed by atoms with Crippen LogP contribution in [0.25, 0.3) is 0 Å². The molecule has 8 nitrogen and oxygen atoms in total. The zero-order chi connectivity index (χ0) is 14.4. The van der Waals surface area contributed by atoms with Gasteiger partial charge in [-0.15, -0.1) is 0 Å². The molecule has 0 spiro atoms. The Bertz CT molecular complexity index is 458. The van der Waals surface area contributed by atoms with Gasteiger partial charge in [-0.1, -0.05) is 0 Å². The van der Waals surface area contributed by atoms with E-state index >= 15 is 0 Å². The van der Waals surface area contributed by atoms with E-state index in [1.807, 2.05) is 6.92 Å². The maximum Gasteiger partial charge on any atom is 0.326 e. The molecule has 0 radical (unpaired) electrons. The predicted octanol–water partition coefficient (Wildman–Crippen LogP) is -0.637. The van der Waals surface area contributed by atoms with Crippen LogP contribution in [0.15, 0.2) is 6.20 Å². The number of carboxylic acids is 1. The van der Waals surface area contributed by atoms with Crippen LogP contribution in [0.5, 0.6) is 0 Å². The molecule has 0 aromatic carbocycles. The van der Waals surface area contributed by atoms with Crippen molar-refractivity contribution in [1.29, 1.82) is 0 Å². The lowest BCUT2D eigenvalue weighted by molar-refractivity contribution is -0.139. The average molecular weight is 270 g/mol. The zero-order valence-electron chi connectivity index (χ0n) is 10.9. The number of aromatic nitrogens is 2. The number of hydrogen-bond donors (Lipinski definition) is 4. The summed E-state index contributed by atoms with van der Waals surface area (Å²) < 4.78 is 1.63. The van der Waals surface area contributed by atoms with E-state index in [0.717, 1.165) is 11.3 Å². The smallest absolute Gasteiger partial charge is 0.326 e. The van der Waals surface area contributed by atoms with Gasteiger partial charge in [0.15, 0.2) is 0 Å². The molecule has 0 aliphatic heterocycles. The number of carbonyl (C=O) groups excluding carboxylic acids is 1. The van der Waals surface area contributed by atoms with E-state index in [4.69, 9.17) is 10.2 Å². The fraction of sp³-hybridized carbons (Fsp3) is 0.545. The highest BCUT2D eigenvalue weighted by Gasteiger charge is 2.19. The maximum absolute atomic E-state index is 11.5. The summed E-state index contributed by atoms with van der Waals surface area (Å²) in [4.78, 5) is 22.3. The van der Waals surface area contributed by atoms with E-state index in [1.54, 1.807) is 17.9 Å². The topological polar surface area (TPSA) is 116 Å². The Labute approximate surface area is 110 Å². The Hall–Kier alpha value is -2.09. The van der Waals surface area contributed by atoms with E-state index in [2.05, 4.69) is 15.7 Å². The number of urea groups is 1. The van der Waals surface area contributed by atoms with Crippen LogP contribution >= 0.6 is 0 Å². The molecule has 4 N–H and O–H groups in total. The van der Waals surface area contributed by atoms with Crippen molar-refractivity contribution >= 4 is 12.0 Å². The first kappa shape index (κ1) is 15.0. The van der Waals surface area contributed by atoms with Gasteiger partial charge in [0.05, 0.1) is 5.69 Å². The molecule has 19 heavy (non-hydrogen) atoms. The highest BCUT2D eigenvalue weighted by molar-refractivity contribution is 5.82. The van der Waals surface area contributed by atoms with Gasteiger partial charge in [0.2, 0.25) is 0 Å². The first-order chi connectivity index (χ1) is 8.93. The third-order valence-corrected chi connectivity index (χ3v) is 2.58. The number of aliphatic carboxylic acids is 1. The fourth-order valence-corrected chi connectivity index (χ4v) is 1.59. The molecule has 1 aromatic heterocycles. The number of aliphatic hydroxyl groups excluding tert-OH is 1. The van der Waals surface area contributed by atoms with Gasteiger partial charge in [-0.25, -0.2) is 9.59 Å². The van der Waals surface area contributed by atoms with Crippen molar-refractivity contribution in [2.75, 3.05) is 6.61 Å². The largest absolute Gasteiger partial charge is 0.480 e. The van der Waals surface area contributed by atoms with Crippen molar-refractivity contribution in [2.45, 2.75) is 25.9 Å². The number of rotatable bonds is 6. The lowest BCUT2D eigenvalue weighted by atomic mass is 10.2. The molecule has 8 heteroatoms. The molecule has 1 rings (SSSR count). The minimum Gasteiger partial charge on any atom is -0.480 e. The molecule has 0 bridgehead atoms. The monoisotopic (exact) mass is 270 g/mol. The molecule has 0 fully saturated rings. The maximum atomic E-state index is 11.5. The van der Waals surface area contributed by atoms with Crippen molar-refractivity contribution < 1.29 is 19.8 Å². The number of amides is 2. The van der Waals surface area contributed by atoms with Crippen LogP contribution in [0.2, 0.25) is 0 Å². The van der Waals surface area contributed by atoms with Gasteiger partial charge in [-0.2, -0.15) is 5.10 Å². The summed E-state index contributed by atoms with van der Waals surface area (Å²) in [5.41, 5.74) is 1.65. The van der Waals surface area contributed by atoms with Crippen LogP contribution in [0.1, 0.15) is 17.7 Å². The molecule has 1 atom stereocenters. The Morgan fingerprint density at radius 2 is 2.21 bits per heavy atom. The van der Waals surface area contributed by atoms with Gasteiger partial charge < -0.3 is 20.8 Å². The first-order valence-corrected chi connectivity index (χ1v) is 5.81. The lowest BCUT2D eigenvalue weighted by Crippen LogP contribution is -2.46. The van der Waals surface area contributed by atoms with E-state index in [-0.39, 0.29) is 19.6 Å². The SMILES string of the molecule is Cc1nn(C)cc1CNC(=O)NC(CCO)C(=O)O. The number of hydrogen-bond acceptors (Lipinski definition) is 4. The Morgan fingerprint density at radius 1 is 1.53 bits per heavy atom. The van der Waals surface area contributed by atoms with Crippen LogP contribution in [0.3, 0.4) is 0 Å². The normalized spacial score (nSPS) is 11.9. The second-order valence-electron chi connectivity index (χ2n) is 4.14. The predicted molar refractivity (Wildman–Crippen MR) is 66.4 cm³/mol. The number of nitrogens with zero attached hydrogens (tertiary/aromatic N) is 2. The first-order valence-electron chi connectivity index (χ1n) is 5.81. The average Bonchev–Trinajstić information content (AvgIpc) is 2.64.